The summed E-state index contributed by atoms with van der Waals surface area (Å²) in [5.41, 5.74) is 0. The van der Waals surface area contributed by atoms with Gasteiger partial charge in [0.1, 0.15) is 12.4 Å². The van der Waals surface area contributed by atoms with E-state index in [9.17, 15) is 4.79 Å². The van der Waals surface area contributed by atoms with Crippen LogP contribution in [0.1, 0.15) is 70.6 Å². The fourth-order valence-corrected chi connectivity index (χ4v) is 2.02. The summed E-state index contributed by atoms with van der Waals surface area (Å²) in [6.07, 6.45) is 18.9. The van der Waals surface area contributed by atoms with Crippen molar-refractivity contribution in [3.63, 3.8) is 0 Å². The zero-order valence-electron chi connectivity index (χ0n) is 12.2. The second-order valence-electron chi connectivity index (χ2n) is 5.09. The Balaban J connectivity index is 3.08. The first-order chi connectivity index (χ1) is 9.31. The first-order valence-electron chi connectivity index (χ1n) is 7.70. The van der Waals surface area contributed by atoms with Gasteiger partial charge in [0.05, 0.1) is 0 Å². The topological polar surface area (TPSA) is 37.3 Å². The average Bonchev–Trinajstić information content (AvgIpc) is 2.43. The minimum absolute atomic E-state index is 0.624. The van der Waals surface area contributed by atoms with Gasteiger partial charge in [-0.25, -0.2) is 0 Å². The zero-order chi connectivity index (χ0) is 14.2. The van der Waals surface area contributed by atoms with Crippen molar-refractivity contribution in [2.45, 2.75) is 76.7 Å². The summed E-state index contributed by atoms with van der Waals surface area (Å²) in [5, 5.41) is 9.06. The molecule has 0 bridgehead atoms. The number of aliphatic hydroxyl groups is 1. The Bertz CT molecular complexity index is 233. The average molecular weight is 266 g/mol. The van der Waals surface area contributed by atoms with Crippen molar-refractivity contribution in [3.05, 3.63) is 24.8 Å². The van der Waals surface area contributed by atoms with E-state index < -0.39 is 6.10 Å². The first kappa shape index (κ1) is 18.1. The second kappa shape index (κ2) is 15.2. The third-order valence-electron chi connectivity index (χ3n) is 3.23. The molecule has 0 aliphatic heterocycles. The smallest absolute Gasteiger partial charge is 0.148 e. The van der Waals surface area contributed by atoms with Gasteiger partial charge in [-0.05, 0) is 32.1 Å². The number of aldehydes is 1. The third kappa shape index (κ3) is 15.1. The molecule has 2 heteroatoms. The first-order valence-corrected chi connectivity index (χ1v) is 7.70. The Morgan fingerprint density at radius 2 is 1.42 bits per heavy atom. The van der Waals surface area contributed by atoms with Gasteiger partial charge >= 0.3 is 0 Å². The number of rotatable bonds is 14. The molecule has 1 N–H and O–H groups in total. The van der Waals surface area contributed by atoms with E-state index in [-0.39, 0.29) is 0 Å². The highest BCUT2D eigenvalue weighted by Gasteiger charge is 1.99. The Morgan fingerprint density at radius 1 is 0.842 bits per heavy atom. The number of carbonyl (C=O) groups is 1. The van der Waals surface area contributed by atoms with E-state index in [0.717, 1.165) is 25.7 Å². The molecule has 0 fully saturated rings. The summed E-state index contributed by atoms with van der Waals surface area (Å²) in [6, 6.07) is 0. The highest BCUT2D eigenvalue weighted by Crippen LogP contribution is 2.10. The van der Waals surface area contributed by atoms with Gasteiger partial charge in [-0.3, -0.25) is 0 Å². The minimum atomic E-state index is -0.743. The second-order valence-corrected chi connectivity index (χ2v) is 5.09. The van der Waals surface area contributed by atoms with Crippen LogP contribution >= 0.6 is 0 Å². The summed E-state index contributed by atoms with van der Waals surface area (Å²) in [7, 11) is 0. The maximum absolute atomic E-state index is 10.2. The zero-order valence-corrected chi connectivity index (χ0v) is 12.2. The quantitative estimate of drug-likeness (QED) is 0.284. The maximum atomic E-state index is 10.2. The van der Waals surface area contributed by atoms with Gasteiger partial charge in [-0.1, -0.05) is 56.8 Å². The summed E-state index contributed by atoms with van der Waals surface area (Å²) in [6.45, 7) is 3.70. The number of hydrogen-bond donors (Lipinski definition) is 1. The third-order valence-corrected chi connectivity index (χ3v) is 3.23. The van der Waals surface area contributed by atoms with Gasteiger partial charge in [0.25, 0.3) is 0 Å². The molecule has 0 radical (unpaired) electrons. The van der Waals surface area contributed by atoms with Crippen molar-refractivity contribution >= 4 is 6.29 Å². The molecule has 0 rings (SSSR count). The number of carbonyl (C=O) groups excluding carboxylic acids is 1. The molecular formula is C17H30O2. The summed E-state index contributed by atoms with van der Waals surface area (Å²) < 4.78 is 0. The van der Waals surface area contributed by atoms with Crippen LogP contribution in [-0.4, -0.2) is 17.5 Å². The van der Waals surface area contributed by atoms with Crippen LogP contribution in [0.3, 0.4) is 0 Å². The highest BCUT2D eigenvalue weighted by molar-refractivity contribution is 5.55. The van der Waals surface area contributed by atoms with E-state index in [1.165, 1.54) is 38.5 Å². The SMILES string of the molecule is C=CCCC=CCCCCCCCCCC(O)C=O. The molecule has 0 saturated heterocycles. The van der Waals surface area contributed by atoms with E-state index in [2.05, 4.69) is 18.7 Å². The molecule has 0 amide bonds. The van der Waals surface area contributed by atoms with Gasteiger partial charge in [-0.15, -0.1) is 6.58 Å². The standard InChI is InChI=1S/C17H30O2/c1-2-3-4-5-6-7-8-9-10-11-12-13-14-15-17(19)16-18/h2,5-6,16-17,19H,1,3-4,7-15H2. The normalized spacial score (nSPS) is 12.7. The molecule has 1 unspecified atom stereocenters. The van der Waals surface area contributed by atoms with E-state index in [0.29, 0.717) is 12.7 Å². The summed E-state index contributed by atoms with van der Waals surface area (Å²) in [5.74, 6) is 0. The van der Waals surface area contributed by atoms with Gasteiger partial charge in [0.15, 0.2) is 0 Å². The van der Waals surface area contributed by atoms with Crippen LogP contribution in [-0.2, 0) is 4.79 Å². The maximum Gasteiger partial charge on any atom is 0.148 e. The lowest BCUT2D eigenvalue weighted by molar-refractivity contribution is -0.115. The van der Waals surface area contributed by atoms with Crippen molar-refractivity contribution < 1.29 is 9.90 Å². The highest BCUT2D eigenvalue weighted by atomic mass is 16.3. The van der Waals surface area contributed by atoms with Gasteiger partial charge in [-0.2, -0.15) is 0 Å². The Labute approximate surface area is 118 Å². The van der Waals surface area contributed by atoms with Crippen LogP contribution in [0.2, 0.25) is 0 Å². The Hall–Kier alpha value is -0.890. The predicted molar refractivity (Wildman–Crippen MR) is 82.2 cm³/mol. The van der Waals surface area contributed by atoms with Crippen LogP contribution in [0.25, 0.3) is 0 Å². The molecule has 0 aromatic rings. The number of unbranched alkanes of at least 4 members (excludes halogenated alkanes) is 8. The van der Waals surface area contributed by atoms with Crippen LogP contribution in [0.4, 0.5) is 0 Å². The largest absolute Gasteiger partial charge is 0.386 e. The number of allylic oxidation sites excluding steroid dienone is 3. The number of hydrogen-bond acceptors (Lipinski definition) is 2. The molecule has 0 aromatic carbocycles. The van der Waals surface area contributed by atoms with Gasteiger partial charge in [0, 0.05) is 0 Å². The van der Waals surface area contributed by atoms with E-state index in [4.69, 9.17) is 5.11 Å². The predicted octanol–water partition coefficient (Wildman–Crippen LogP) is 4.58. The molecule has 19 heavy (non-hydrogen) atoms. The van der Waals surface area contributed by atoms with Gasteiger partial charge < -0.3 is 9.90 Å². The molecule has 0 aliphatic rings. The summed E-state index contributed by atoms with van der Waals surface area (Å²) in [4.78, 5) is 10.2. The molecule has 0 spiro atoms. The van der Waals surface area contributed by atoms with Crippen molar-refractivity contribution in [2.24, 2.45) is 0 Å². The van der Waals surface area contributed by atoms with Crippen molar-refractivity contribution in [2.75, 3.05) is 0 Å². The molecule has 1 atom stereocenters. The minimum Gasteiger partial charge on any atom is -0.386 e. The van der Waals surface area contributed by atoms with Crippen molar-refractivity contribution in [1.29, 1.82) is 0 Å². The number of aliphatic hydroxyl groups excluding tert-OH is 1. The van der Waals surface area contributed by atoms with Gasteiger partial charge in [0.2, 0.25) is 0 Å². The fourth-order valence-electron chi connectivity index (χ4n) is 2.02. The van der Waals surface area contributed by atoms with Crippen molar-refractivity contribution in [1.82, 2.24) is 0 Å². The van der Waals surface area contributed by atoms with E-state index in [1.807, 2.05) is 6.08 Å². The summed E-state index contributed by atoms with van der Waals surface area (Å²) >= 11 is 0. The molecule has 0 heterocycles. The Morgan fingerprint density at radius 3 is 2.05 bits per heavy atom. The molecular weight excluding hydrogens is 236 g/mol. The lowest BCUT2D eigenvalue weighted by atomic mass is 10.1. The molecule has 0 saturated carbocycles. The van der Waals surface area contributed by atoms with E-state index in [1.54, 1.807) is 0 Å². The fraction of sp³-hybridized carbons (Fsp3) is 0.706. The molecule has 0 aliphatic carbocycles. The molecule has 0 aromatic heterocycles. The lowest BCUT2D eigenvalue weighted by Crippen LogP contribution is -2.06. The molecule has 2 nitrogen and oxygen atoms in total. The van der Waals surface area contributed by atoms with Crippen LogP contribution < -0.4 is 0 Å². The van der Waals surface area contributed by atoms with E-state index >= 15 is 0 Å². The molecule has 110 valence electrons. The lowest BCUT2D eigenvalue weighted by Gasteiger charge is -2.03. The van der Waals surface area contributed by atoms with Crippen molar-refractivity contribution in [3.8, 4) is 0 Å². The monoisotopic (exact) mass is 266 g/mol. The Kier molecular flexibility index (Phi) is 14.5. The van der Waals surface area contributed by atoms with Crippen LogP contribution in [0, 0.1) is 0 Å². The van der Waals surface area contributed by atoms with Crippen LogP contribution in [0.5, 0.6) is 0 Å². The van der Waals surface area contributed by atoms with Crippen LogP contribution in [0.15, 0.2) is 24.8 Å².